The highest BCUT2D eigenvalue weighted by molar-refractivity contribution is 6.32. The summed E-state index contributed by atoms with van der Waals surface area (Å²) in [7, 11) is 0. The molecule has 9 heteroatoms. The van der Waals surface area contributed by atoms with Crippen molar-refractivity contribution in [2.24, 2.45) is 5.73 Å². The smallest absolute Gasteiger partial charge is 0.388 e. The summed E-state index contributed by atoms with van der Waals surface area (Å²) in [4.78, 5) is 2.99. The van der Waals surface area contributed by atoms with Crippen molar-refractivity contribution in [1.29, 1.82) is 0 Å². The lowest BCUT2D eigenvalue weighted by Crippen LogP contribution is -2.19. The lowest BCUT2D eigenvalue weighted by molar-refractivity contribution is -0.276. The number of alkyl halides is 5. The fourth-order valence-corrected chi connectivity index (χ4v) is 1.30. The second-order valence-electron chi connectivity index (χ2n) is 2.87. The first-order chi connectivity index (χ1) is 7.74. The Morgan fingerprint density at radius 2 is 2.00 bits per heavy atom. The quantitative estimate of drug-likeness (QED) is 0.863. The van der Waals surface area contributed by atoms with Gasteiger partial charge in [0, 0.05) is 12.6 Å². The average molecular weight is 277 g/mol. The van der Waals surface area contributed by atoms with Gasteiger partial charge in [0.05, 0.1) is 5.02 Å². The number of nitrogens with two attached hydrogens (primary N) is 1. The summed E-state index contributed by atoms with van der Waals surface area (Å²) in [6.07, 6.45) is -8.14. The molecule has 0 bridgehead atoms. The van der Waals surface area contributed by atoms with Crippen molar-refractivity contribution < 1.29 is 26.7 Å². The fourth-order valence-electron chi connectivity index (χ4n) is 1.04. The van der Waals surface area contributed by atoms with Crippen LogP contribution in [0.5, 0.6) is 5.88 Å². The van der Waals surface area contributed by atoms with Crippen LogP contribution in [-0.2, 0) is 6.54 Å². The van der Waals surface area contributed by atoms with Gasteiger partial charge < -0.3 is 10.5 Å². The van der Waals surface area contributed by atoms with Gasteiger partial charge in [0.2, 0.25) is 5.88 Å². The number of nitrogens with zero attached hydrogens (tertiary/aromatic N) is 1. The standard InChI is InChI=1S/C8H6ClF5N2O/c9-5-3(2-15)1-4(17-8(12,13)14)16-6(5)7(10)11/h1,7H,2,15H2. The molecule has 0 aliphatic carbocycles. The molecule has 0 aromatic carbocycles. The lowest BCUT2D eigenvalue weighted by Gasteiger charge is -2.12. The van der Waals surface area contributed by atoms with E-state index in [1.165, 1.54) is 0 Å². The molecule has 0 aliphatic heterocycles. The number of ether oxygens (including phenoxy) is 1. The Morgan fingerprint density at radius 3 is 2.41 bits per heavy atom. The summed E-state index contributed by atoms with van der Waals surface area (Å²) in [6.45, 7) is -0.310. The third kappa shape index (κ3) is 3.67. The number of aromatic nitrogens is 1. The fraction of sp³-hybridized carbons (Fsp3) is 0.375. The Hall–Kier alpha value is -1.15. The third-order valence-electron chi connectivity index (χ3n) is 1.68. The maximum absolute atomic E-state index is 12.4. The van der Waals surface area contributed by atoms with E-state index in [1.807, 2.05) is 0 Å². The summed E-state index contributed by atoms with van der Waals surface area (Å²) >= 11 is 5.49. The van der Waals surface area contributed by atoms with E-state index in [-0.39, 0.29) is 12.1 Å². The van der Waals surface area contributed by atoms with Gasteiger partial charge in [0.25, 0.3) is 6.43 Å². The van der Waals surface area contributed by atoms with Gasteiger partial charge in [0.1, 0.15) is 5.69 Å². The number of halogens is 6. The Bertz CT molecular complexity index is 410. The van der Waals surface area contributed by atoms with E-state index < -0.39 is 29.4 Å². The van der Waals surface area contributed by atoms with Gasteiger partial charge in [-0.1, -0.05) is 11.6 Å². The number of hydrogen-bond donors (Lipinski definition) is 1. The van der Waals surface area contributed by atoms with Crippen LogP contribution in [0.25, 0.3) is 0 Å². The zero-order chi connectivity index (χ0) is 13.2. The highest BCUT2D eigenvalue weighted by atomic mass is 35.5. The SMILES string of the molecule is NCc1cc(OC(F)(F)F)nc(C(F)F)c1Cl. The van der Waals surface area contributed by atoms with Crippen molar-refractivity contribution in [1.82, 2.24) is 4.98 Å². The summed E-state index contributed by atoms with van der Waals surface area (Å²) in [5, 5.41) is -0.461. The molecule has 1 aromatic rings. The molecule has 0 unspecified atom stereocenters. The molecule has 96 valence electrons. The van der Waals surface area contributed by atoms with Crippen molar-refractivity contribution in [2.75, 3.05) is 0 Å². The van der Waals surface area contributed by atoms with E-state index in [4.69, 9.17) is 17.3 Å². The summed E-state index contributed by atoms with van der Waals surface area (Å²) in [6, 6.07) is 0.766. The van der Waals surface area contributed by atoms with Gasteiger partial charge in [-0.2, -0.15) is 0 Å². The minimum atomic E-state index is -5.02. The van der Waals surface area contributed by atoms with Gasteiger partial charge >= 0.3 is 6.36 Å². The average Bonchev–Trinajstić information content (AvgIpc) is 2.17. The Labute approximate surface area is 97.3 Å². The first-order valence-electron chi connectivity index (χ1n) is 4.18. The Kier molecular flexibility index (Phi) is 4.10. The van der Waals surface area contributed by atoms with Crippen LogP contribution in [0, 0.1) is 0 Å². The molecular weight excluding hydrogens is 271 g/mol. The number of rotatable bonds is 3. The summed E-state index contributed by atoms with van der Waals surface area (Å²) in [5.41, 5.74) is 4.07. The zero-order valence-corrected chi connectivity index (χ0v) is 8.82. The molecule has 1 aromatic heterocycles. The summed E-state index contributed by atoms with van der Waals surface area (Å²) in [5.74, 6) is -1.02. The largest absolute Gasteiger partial charge is 0.574 e. The van der Waals surface area contributed by atoms with Crippen LogP contribution in [0.15, 0.2) is 6.07 Å². The van der Waals surface area contributed by atoms with Gasteiger partial charge in [-0.15, -0.1) is 13.2 Å². The zero-order valence-electron chi connectivity index (χ0n) is 8.06. The maximum Gasteiger partial charge on any atom is 0.574 e. The minimum Gasteiger partial charge on any atom is -0.388 e. The molecule has 0 saturated carbocycles. The molecule has 0 spiro atoms. The normalized spacial score (nSPS) is 12.0. The Balaban J connectivity index is 3.21. The van der Waals surface area contributed by atoms with Crippen molar-refractivity contribution in [3.05, 3.63) is 22.3 Å². The molecule has 0 atom stereocenters. The van der Waals surface area contributed by atoms with Crippen molar-refractivity contribution in [3.63, 3.8) is 0 Å². The van der Waals surface area contributed by atoms with Gasteiger partial charge in [-0.05, 0) is 5.56 Å². The first kappa shape index (κ1) is 13.9. The predicted octanol–water partition coefficient (Wildman–Crippen LogP) is 3.03. The highest BCUT2D eigenvalue weighted by Crippen LogP contribution is 2.32. The van der Waals surface area contributed by atoms with Gasteiger partial charge in [-0.25, -0.2) is 13.8 Å². The van der Waals surface area contributed by atoms with Crippen LogP contribution in [0.2, 0.25) is 5.02 Å². The minimum absolute atomic E-state index is 0.101. The van der Waals surface area contributed by atoms with Crippen LogP contribution in [0.4, 0.5) is 22.0 Å². The number of hydrogen-bond acceptors (Lipinski definition) is 3. The van der Waals surface area contributed by atoms with E-state index in [0.717, 1.165) is 6.07 Å². The van der Waals surface area contributed by atoms with E-state index in [2.05, 4.69) is 9.72 Å². The van der Waals surface area contributed by atoms with Crippen LogP contribution < -0.4 is 10.5 Å². The van der Waals surface area contributed by atoms with Gasteiger partial charge in [-0.3, -0.25) is 0 Å². The molecule has 0 aliphatic rings. The van der Waals surface area contributed by atoms with E-state index in [0.29, 0.717) is 0 Å². The van der Waals surface area contributed by atoms with Crippen molar-refractivity contribution >= 4 is 11.6 Å². The molecule has 0 amide bonds. The van der Waals surface area contributed by atoms with Crippen LogP contribution in [-0.4, -0.2) is 11.3 Å². The molecular formula is C8H6ClF5N2O. The van der Waals surface area contributed by atoms with Crippen molar-refractivity contribution in [2.45, 2.75) is 19.3 Å². The molecule has 17 heavy (non-hydrogen) atoms. The van der Waals surface area contributed by atoms with Crippen LogP contribution in [0.3, 0.4) is 0 Å². The monoisotopic (exact) mass is 276 g/mol. The molecule has 1 heterocycles. The first-order valence-corrected chi connectivity index (χ1v) is 4.55. The second kappa shape index (κ2) is 5.01. The highest BCUT2D eigenvalue weighted by Gasteiger charge is 2.33. The topological polar surface area (TPSA) is 48.1 Å². The molecule has 2 N–H and O–H groups in total. The third-order valence-corrected chi connectivity index (χ3v) is 2.12. The maximum atomic E-state index is 12.4. The molecule has 0 radical (unpaired) electrons. The van der Waals surface area contributed by atoms with E-state index in [9.17, 15) is 22.0 Å². The van der Waals surface area contributed by atoms with Crippen molar-refractivity contribution in [3.8, 4) is 5.88 Å². The Morgan fingerprint density at radius 1 is 1.41 bits per heavy atom. The predicted molar refractivity (Wildman–Crippen MR) is 48.8 cm³/mol. The second-order valence-corrected chi connectivity index (χ2v) is 3.25. The molecule has 3 nitrogen and oxygen atoms in total. The molecule has 1 rings (SSSR count). The lowest BCUT2D eigenvalue weighted by atomic mass is 10.2. The molecule has 0 fully saturated rings. The van der Waals surface area contributed by atoms with E-state index in [1.54, 1.807) is 0 Å². The summed E-state index contributed by atoms with van der Waals surface area (Å²) < 4.78 is 64.0. The van der Waals surface area contributed by atoms with E-state index >= 15 is 0 Å². The van der Waals surface area contributed by atoms with Crippen LogP contribution in [0.1, 0.15) is 17.7 Å². The number of pyridine rings is 1. The molecule has 0 saturated heterocycles. The van der Waals surface area contributed by atoms with Crippen LogP contribution >= 0.6 is 11.6 Å². The van der Waals surface area contributed by atoms with Gasteiger partial charge in [0.15, 0.2) is 0 Å².